The molecular weight excluding hydrogens is 550 g/mol. The number of ether oxygens (including phenoxy) is 2. The van der Waals surface area contributed by atoms with Crippen molar-refractivity contribution in [3.8, 4) is 11.5 Å². The second-order valence-corrected chi connectivity index (χ2v) is 10.9. The number of rotatable bonds is 11. The molecule has 4 rings (SSSR count). The van der Waals surface area contributed by atoms with Gasteiger partial charge in [-0.2, -0.15) is 0 Å². The summed E-state index contributed by atoms with van der Waals surface area (Å²) in [7, 11) is 3.25. The Morgan fingerprint density at radius 3 is 2.32 bits per heavy atom. The Hall–Kier alpha value is -3.50. The SMILES string of the molecule is COc1cc(CN(CC2CCCCC2)[C@@H](C)c2ccc(Cl)cc2)ccc1OCCN1C(=O)CN(C)C1=O.O=C(O)O. The van der Waals surface area contributed by atoms with E-state index >= 15 is 0 Å². The molecule has 3 amide bonds. The standard InChI is InChI=1S/C29H38ClN3O4.CH2O3/c1-21(24-10-12-25(30)13-11-24)32(18-22-7-5-4-6-8-22)19-23-9-14-26(27(17-23)36-3)37-16-15-33-28(34)20-31(2)29(33)35;2-1(3)4/h9-14,17,21-22H,4-8,15-16,18-20H2,1-3H3;(H2,2,3,4)/t21-;/m0./s1. The normalized spacial score (nSPS) is 16.4. The van der Waals surface area contributed by atoms with Gasteiger partial charge in [-0.1, -0.05) is 49.1 Å². The number of benzene rings is 2. The van der Waals surface area contributed by atoms with Gasteiger partial charge in [0, 0.05) is 31.2 Å². The molecular formula is C30H40ClN3O7. The largest absolute Gasteiger partial charge is 0.503 e. The Kier molecular flexibility index (Phi) is 12.1. The molecule has 0 radical (unpaired) electrons. The zero-order chi connectivity index (χ0) is 29.9. The zero-order valence-corrected chi connectivity index (χ0v) is 24.7. The zero-order valence-electron chi connectivity index (χ0n) is 23.9. The van der Waals surface area contributed by atoms with Gasteiger partial charge in [-0.3, -0.25) is 14.6 Å². The lowest BCUT2D eigenvalue weighted by Gasteiger charge is -2.34. The van der Waals surface area contributed by atoms with Crippen LogP contribution in [0.5, 0.6) is 11.5 Å². The molecule has 1 aliphatic heterocycles. The molecule has 0 spiro atoms. The van der Waals surface area contributed by atoms with E-state index in [1.54, 1.807) is 14.2 Å². The van der Waals surface area contributed by atoms with Crippen molar-refractivity contribution in [2.75, 3.05) is 40.4 Å². The number of hydrogen-bond donors (Lipinski definition) is 2. The maximum Gasteiger partial charge on any atom is 0.503 e. The van der Waals surface area contributed by atoms with Crippen LogP contribution < -0.4 is 9.47 Å². The summed E-state index contributed by atoms with van der Waals surface area (Å²) in [5.41, 5.74) is 2.40. The van der Waals surface area contributed by atoms with Crippen LogP contribution in [0.25, 0.3) is 0 Å². The second-order valence-electron chi connectivity index (χ2n) is 10.5. The predicted molar refractivity (Wildman–Crippen MR) is 156 cm³/mol. The minimum atomic E-state index is -1.83. The van der Waals surface area contributed by atoms with E-state index in [2.05, 4.69) is 30.0 Å². The highest BCUT2D eigenvalue weighted by atomic mass is 35.5. The molecule has 0 unspecified atom stereocenters. The molecule has 2 aromatic carbocycles. The average Bonchev–Trinajstić information content (AvgIpc) is 3.19. The molecule has 2 fully saturated rings. The van der Waals surface area contributed by atoms with E-state index in [1.807, 2.05) is 24.3 Å². The second kappa shape index (κ2) is 15.5. The van der Waals surface area contributed by atoms with Crippen molar-refractivity contribution in [3.63, 3.8) is 0 Å². The highest BCUT2D eigenvalue weighted by molar-refractivity contribution is 6.30. The van der Waals surface area contributed by atoms with E-state index in [1.165, 1.54) is 47.5 Å². The Balaban J connectivity index is 0.00000108. The lowest BCUT2D eigenvalue weighted by atomic mass is 9.88. The maximum atomic E-state index is 12.1. The lowest BCUT2D eigenvalue weighted by molar-refractivity contribution is -0.125. The van der Waals surface area contributed by atoms with Gasteiger partial charge in [0.1, 0.15) is 13.2 Å². The Morgan fingerprint density at radius 1 is 1.07 bits per heavy atom. The fourth-order valence-electron chi connectivity index (χ4n) is 5.31. The van der Waals surface area contributed by atoms with Crippen molar-refractivity contribution in [3.05, 3.63) is 58.6 Å². The molecule has 2 aliphatic rings. The van der Waals surface area contributed by atoms with E-state index in [0.717, 1.165) is 23.7 Å². The van der Waals surface area contributed by atoms with Crippen LogP contribution in [0.2, 0.25) is 5.02 Å². The fourth-order valence-corrected chi connectivity index (χ4v) is 5.44. The quantitative estimate of drug-likeness (QED) is 0.307. The number of likely N-dealkylation sites (N-methyl/N-ethyl adjacent to an activating group) is 1. The number of halogens is 1. The smallest absolute Gasteiger partial charge is 0.493 e. The number of carboxylic acid groups (broad SMARTS) is 2. The number of nitrogens with zero attached hydrogens (tertiary/aromatic N) is 3. The molecule has 0 aromatic heterocycles. The fraction of sp³-hybridized carbons (Fsp3) is 0.500. The first kappa shape index (κ1) is 32.0. The van der Waals surface area contributed by atoms with Crippen molar-refractivity contribution in [1.82, 2.24) is 14.7 Å². The average molecular weight is 590 g/mol. The van der Waals surface area contributed by atoms with Gasteiger partial charge in [0.2, 0.25) is 5.91 Å². The number of carbonyl (C=O) groups is 3. The van der Waals surface area contributed by atoms with Crippen LogP contribution in [0.3, 0.4) is 0 Å². The van der Waals surface area contributed by atoms with Gasteiger partial charge in [-0.25, -0.2) is 9.59 Å². The molecule has 10 nitrogen and oxygen atoms in total. The highest BCUT2D eigenvalue weighted by Crippen LogP contribution is 2.33. The number of urea groups is 1. The molecule has 2 N–H and O–H groups in total. The topological polar surface area (TPSA) is 120 Å². The van der Waals surface area contributed by atoms with Crippen molar-refractivity contribution in [1.29, 1.82) is 0 Å². The molecule has 11 heteroatoms. The van der Waals surface area contributed by atoms with Crippen molar-refractivity contribution < 1.29 is 34.1 Å². The molecule has 2 aromatic rings. The monoisotopic (exact) mass is 589 g/mol. The van der Waals surface area contributed by atoms with Crippen LogP contribution in [0.1, 0.15) is 56.2 Å². The molecule has 224 valence electrons. The van der Waals surface area contributed by atoms with Gasteiger partial charge < -0.3 is 24.6 Å². The summed E-state index contributed by atoms with van der Waals surface area (Å²) in [5, 5.41) is 14.7. The Bertz CT molecular complexity index is 1170. The van der Waals surface area contributed by atoms with Gasteiger partial charge in [0.25, 0.3) is 0 Å². The van der Waals surface area contributed by atoms with Crippen molar-refractivity contribution >= 4 is 29.7 Å². The van der Waals surface area contributed by atoms with Crippen LogP contribution in [0.4, 0.5) is 9.59 Å². The Morgan fingerprint density at radius 2 is 1.73 bits per heavy atom. The van der Waals surface area contributed by atoms with Gasteiger partial charge in [-0.15, -0.1) is 0 Å². The Labute approximate surface area is 246 Å². The minimum Gasteiger partial charge on any atom is -0.493 e. The van der Waals surface area contributed by atoms with Gasteiger partial charge in [0.05, 0.1) is 13.7 Å². The summed E-state index contributed by atoms with van der Waals surface area (Å²) in [6, 6.07) is 14.1. The van der Waals surface area contributed by atoms with E-state index < -0.39 is 6.16 Å². The van der Waals surface area contributed by atoms with E-state index in [0.29, 0.717) is 17.4 Å². The molecule has 1 atom stereocenters. The summed E-state index contributed by atoms with van der Waals surface area (Å²) in [4.78, 5) is 37.8. The molecule has 1 heterocycles. The molecule has 41 heavy (non-hydrogen) atoms. The molecule has 1 aliphatic carbocycles. The molecule has 1 saturated carbocycles. The molecule has 1 saturated heterocycles. The van der Waals surface area contributed by atoms with Gasteiger partial charge in [-0.05, 0) is 61.1 Å². The summed E-state index contributed by atoms with van der Waals surface area (Å²) in [6.07, 6.45) is 4.73. The van der Waals surface area contributed by atoms with Crippen LogP contribution in [0, 0.1) is 5.92 Å². The highest BCUT2D eigenvalue weighted by Gasteiger charge is 2.33. The summed E-state index contributed by atoms with van der Waals surface area (Å²) < 4.78 is 11.6. The lowest BCUT2D eigenvalue weighted by Crippen LogP contribution is -2.35. The van der Waals surface area contributed by atoms with Gasteiger partial charge in [0.15, 0.2) is 11.5 Å². The van der Waals surface area contributed by atoms with Crippen LogP contribution in [-0.2, 0) is 11.3 Å². The first-order chi connectivity index (χ1) is 19.6. The number of carbonyl (C=O) groups excluding carboxylic acids is 2. The number of imide groups is 1. The summed E-state index contributed by atoms with van der Waals surface area (Å²) in [5.74, 6) is 1.75. The van der Waals surface area contributed by atoms with Crippen LogP contribution >= 0.6 is 11.6 Å². The van der Waals surface area contributed by atoms with Crippen molar-refractivity contribution in [2.24, 2.45) is 5.92 Å². The van der Waals surface area contributed by atoms with Gasteiger partial charge >= 0.3 is 12.2 Å². The third-order valence-electron chi connectivity index (χ3n) is 7.53. The maximum absolute atomic E-state index is 12.1. The third kappa shape index (κ3) is 9.54. The van der Waals surface area contributed by atoms with E-state index in [4.69, 9.17) is 36.1 Å². The third-order valence-corrected chi connectivity index (χ3v) is 7.79. The summed E-state index contributed by atoms with van der Waals surface area (Å²) >= 11 is 6.15. The van der Waals surface area contributed by atoms with Crippen molar-refractivity contribution in [2.45, 2.75) is 51.6 Å². The van der Waals surface area contributed by atoms with Crippen LogP contribution in [0.15, 0.2) is 42.5 Å². The molecule has 0 bridgehead atoms. The van der Waals surface area contributed by atoms with E-state index in [-0.39, 0.29) is 37.7 Å². The van der Waals surface area contributed by atoms with Crippen LogP contribution in [-0.4, -0.2) is 83.4 Å². The van der Waals surface area contributed by atoms with E-state index in [9.17, 15) is 9.59 Å². The number of amides is 3. The first-order valence-corrected chi connectivity index (χ1v) is 14.2. The summed E-state index contributed by atoms with van der Waals surface area (Å²) in [6.45, 7) is 4.64. The number of methoxy groups -OCH3 is 1. The minimum absolute atomic E-state index is 0.114. The number of hydrogen-bond acceptors (Lipinski definition) is 6. The predicted octanol–water partition coefficient (Wildman–Crippen LogP) is 5.99. The first-order valence-electron chi connectivity index (χ1n) is 13.9.